The lowest BCUT2D eigenvalue weighted by atomic mass is 9.94. The summed E-state index contributed by atoms with van der Waals surface area (Å²) in [6, 6.07) is 6.17. The molecule has 1 aromatic carbocycles. The van der Waals surface area contributed by atoms with Crippen molar-refractivity contribution in [3.05, 3.63) is 48.2 Å². The first-order valence-electron chi connectivity index (χ1n) is 8.26. The van der Waals surface area contributed by atoms with Crippen LogP contribution in [0.25, 0.3) is 0 Å². The number of para-hydroxylation sites is 1. The zero-order valence-corrected chi connectivity index (χ0v) is 14.5. The molecule has 1 aliphatic heterocycles. The van der Waals surface area contributed by atoms with Crippen molar-refractivity contribution in [2.75, 3.05) is 19.0 Å². The normalized spacial score (nSPS) is 17.4. The lowest BCUT2D eigenvalue weighted by molar-refractivity contribution is -0.132. The number of nitrogens with zero attached hydrogens (tertiary/aromatic N) is 3. The zero-order valence-electron chi connectivity index (χ0n) is 13.7. The highest BCUT2D eigenvalue weighted by Gasteiger charge is 2.28. The van der Waals surface area contributed by atoms with Crippen LogP contribution in [0.3, 0.4) is 0 Å². The third kappa shape index (κ3) is 4.25. The van der Waals surface area contributed by atoms with Gasteiger partial charge in [-0.3, -0.25) is 9.78 Å². The highest BCUT2D eigenvalue weighted by atomic mass is 35.5. The van der Waals surface area contributed by atoms with Crippen LogP contribution in [0.1, 0.15) is 30.9 Å². The number of rotatable bonds is 5. The molecule has 0 aliphatic carbocycles. The van der Waals surface area contributed by atoms with E-state index in [1.54, 1.807) is 29.3 Å². The molecule has 2 aromatic rings. The molecule has 132 valence electrons. The Morgan fingerprint density at radius 1 is 1.32 bits per heavy atom. The van der Waals surface area contributed by atoms with Crippen molar-refractivity contribution >= 4 is 17.5 Å². The Morgan fingerprint density at radius 2 is 2.12 bits per heavy atom. The van der Waals surface area contributed by atoms with Gasteiger partial charge in [0, 0.05) is 43.7 Å². The molecule has 0 radical (unpaired) electrons. The van der Waals surface area contributed by atoms with E-state index in [-0.39, 0.29) is 23.5 Å². The smallest absolute Gasteiger partial charge is 0.241 e. The van der Waals surface area contributed by atoms with Crippen molar-refractivity contribution < 1.29 is 13.9 Å². The van der Waals surface area contributed by atoms with Crippen molar-refractivity contribution in [1.82, 2.24) is 14.9 Å². The molecular formula is C18H19ClFN3O2. The summed E-state index contributed by atoms with van der Waals surface area (Å²) in [7, 11) is 0. The number of halogens is 2. The number of ether oxygens (including phenoxy) is 1. The molecule has 5 nitrogen and oxygen atoms in total. The fourth-order valence-electron chi connectivity index (χ4n) is 2.99. The van der Waals surface area contributed by atoms with E-state index in [1.165, 1.54) is 12.3 Å². The molecule has 1 atom stereocenters. The number of piperidine rings is 1. The fraction of sp³-hybridized carbons (Fsp3) is 0.389. The number of likely N-dealkylation sites (tertiary alicyclic amines) is 1. The minimum Gasteiger partial charge on any atom is -0.434 e. The van der Waals surface area contributed by atoms with Crippen LogP contribution >= 0.6 is 11.6 Å². The van der Waals surface area contributed by atoms with Crippen molar-refractivity contribution in [2.45, 2.75) is 25.2 Å². The number of hydrogen-bond donors (Lipinski definition) is 0. The van der Waals surface area contributed by atoms with Gasteiger partial charge in [0.15, 0.2) is 11.6 Å². The average Bonchev–Trinajstić information content (AvgIpc) is 2.64. The van der Waals surface area contributed by atoms with Crippen molar-refractivity contribution in [3.63, 3.8) is 0 Å². The van der Waals surface area contributed by atoms with Gasteiger partial charge >= 0.3 is 0 Å². The maximum atomic E-state index is 13.9. The van der Waals surface area contributed by atoms with Crippen LogP contribution in [-0.4, -0.2) is 39.7 Å². The number of amides is 1. The summed E-state index contributed by atoms with van der Waals surface area (Å²) in [5.41, 5.74) is 0.647. The molecule has 1 amide bonds. The van der Waals surface area contributed by atoms with Crippen LogP contribution < -0.4 is 4.74 Å². The summed E-state index contributed by atoms with van der Waals surface area (Å²) < 4.78 is 19.5. The summed E-state index contributed by atoms with van der Waals surface area (Å²) in [4.78, 5) is 22.5. The second-order valence-electron chi connectivity index (χ2n) is 5.90. The molecule has 0 N–H and O–H groups in total. The molecule has 1 aliphatic rings. The molecule has 1 fully saturated rings. The topological polar surface area (TPSA) is 55.3 Å². The number of hydrogen-bond acceptors (Lipinski definition) is 4. The summed E-state index contributed by atoms with van der Waals surface area (Å²) in [5.74, 6) is 0.289. The Kier molecular flexibility index (Phi) is 5.81. The second kappa shape index (κ2) is 8.25. The molecule has 25 heavy (non-hydrogen) atoms. The van der Waals surface area contributed by atoms with E-state index in [0.29, 0.717) is 24.5 Å². The molecule has 0 bridgehead atoms. The Hall–Kier alpha value is -2.21. The Morgan fingerprint density at radius 3 is 2.92 bits per heavy atom. The van der Waals surface area contributed by atoms with Gasteiger partial charge < -0.3 is 9.64 Å². The number of carbonyl (C=O) groups is 1. The minimum atomic E-state index is -0.457. The van der Waals surface area contributed by atoms with Crippen LogP contribution in [0.2, 0.25) is 0 Å². The molecule has 1 unspecified atom stereocenters. The first-order chi connectivity index (χ1) is 12.2. The average molecular weight is 364 g/mol. The standard InChI is InChI=1S/C18H19ClFN3O2/c19-8-7-16(24)23-11-3-4-13(12-23)17-18(22-10-9-21-17)25-15-6-2-1-5-14(15)20/h1-2,5-6,9-10,13H,3-4,7-8,11-12H2. The van der Waals surface area contributed by atoms with Crippen LogP contribution in [0.4, 0.5) is 4.39 Å². The molecule has 1 aromatic heterocycles. The van der Waals surface area contributed by atoms with Crippen molar-refractivity contribution in [3.8, 4) is 11.6 Å². The van der Waals surface area contributed by atoms with Gasteiger partial charge in [-0.05, 0) is 25.0 Å². The van der Waals surface area contributed by atoms with E-state index in [9.17, 15) is 9.18 Å². The third-order valence-electron chi connectivity index (χ3n) is 4.20. The molecule has 7 heteroatoms. The van der Waals surface area contributed by atoms with Crippen LogP contribution in [-0.2, 0) is 4.79 Å². The molecule has 0 spiro atoms. The number of benzene rings is 1. The summed E-state index contributed by atoms with van der Waals surface area (Å²) >= 11 is 5.67. The largest absolute Gasteiger partial charge is 0.434 e. The van der Waals surface area contributed by atoms with Gasteiger partial charge in [-0.2, -0.15) is 0 Å². The van der Waals surface area contributed by atoms with Crippen molar-refractivity contribution in [1.29, 1.82) is 0 Å². The predicted molar refractivity (Wildman–Crippen MR) is 92.4 cm³/mol. The van der Waals surface area contributed by atoms with Gasteiger partial charge in [0.1, 0.15) is 5.69 Å². The van der Waals surface area contributed by atoms with Crippen LogP contribution in [0.5, 0.6) is 11.6 Å². The Bertz CT molecular complexity index is 744. The van der Waals surface area contributed by atoms with E-state index in [4.69, 9.17) is 16.3 Å². The second-order valence-corrected chi connectivity index (χ2v) is 6.28. The summed E-state index contributed by atoms with van der Waals surface area (Å²) in [5, 5.41) is 0. The maximum Gasteiger partial charge on any atom is 0.241 e. The molecule has 3 rings (SSSR count). The summed E-state index contributed by atoms with van der Waals surface area (Å²) in [6.07, 6.45) is 5.17. The quantitative estimate of drug-likeness (QED) is 0.759. The Labute approximate surface area is 150 Å². The molecule has 0 saturated carbocycles. The van der Waals surface area contributed by atoms with E-state index < -0.39 is 5.82 Å². The van der Waals surface area contributed by atoms with Crippen molar-refractivity contribution in [2.24, 2.45) is 0 Å². The SMILES string of the molecule is O=C(CCCl)N1CCCC(c2nccnc2Oc2ccccc2F)C1. The van der Waals surface area contributed by atoms with Gasteiger partial charge in [-0.1, -0.05) is 12.1 Å². The highest BCUT2D eigenvalue weighted by Crippen LogP contribution is 2.33. The lowest BCUT2D eigenvalue weighted by Gasteiger charge is -2.32. The van der Waals surface area contributed by atoms with E-state index in [1.807, 2.05) is 0 Å². The first kappa shape index (κ1) is 17.6. The lowest BCUT2D eigenvalue weighted by Crippen LogP contribution is -2.39. The van der Waals surface area contributed by atoms with Crippen LogP contribution in [0, 0.1) is 5.82 Å². The third-order valence-corrected chi connectivity index (χ3v) is 4.39. The monoisotopic (exact) mass is 363 g/mol. The van der Waals surface area contributed by atoms with Gasteiger partial charge in [0.2, 0.25) is 11.8 Å². The van der Waals surface area contributed by atoms with E-state index in [0.717, 1.165) is 19.4 Å². The maximum absolute atomic E-state index is 13.9. The van der Waals surface area contributed by atoms with Gasteiger partial charge in [-0.15, -0.1) is 11.6 Å². The van der Waals surface area contributed by atoms with Crippen LogP contribution in [0.15, 0.2) is 36.7 Å². The van der Waals surface area contributed by atoms with E-state index in [2.05, 4.69) is 9.97 Å². The minimum absolute atomic E-state index is 0.00324. The predicted octanol–water partition coefficient (Wildman–Crippen LogP) is 3.74. The summed E-state index contributed by atoms with van der Waals surface area (Å²) in [6.45, 7) is 1.26. The van der Waals surface area contributed by atoms with Gasteiger partial charge in [-0.25, -0.2) is 9.37 Å². The zero-order chi connectivity index (χ0) is 17.6. The Balaban J connectivity index is 1.80. The van der Waals surface area contributed by atoms with E-state index >= 15 is 0 Å². The number of alkyl halides is 1. The molecular weight excluding hydrogens is 345 g/mol. The number of aromatic nitrogens is 2. The first-order valence-corrected chi connectivity index (χ1v) is 8.79. The molecule has 2 heterocycles. The fourth-order valence-corrected chi connectivity index (χ4v) is 3.15. The number of carbonyl (C=O) groups excluding carboxylic acids is 1. The highest BCUT2D eigenvalue weighted by molar-refractivity contribution is 6.18. The van der Waals surface area contributed by atoms with Gasteiger partial charge in [0.25, 0.3) is 0 Å². The van der Waals surface area contributed by atoms with Gasteiger partial charge in [0.05, 0.1) is 0 Å². The molecule has 1 saturated heterocycles.